The summed E-state index contributed by atoms with van der Waals surface area (Å²) in [6.07, 6.45) is -0.464. The van der Waals surface area contributed by atoms with Crippen molar-refractivity contribution < 1.29 is 14.6 Å². The third-order valence-electron chi connectivity index (χ3n) is 4.83. The summed E-state index contributed by atoms with van der Waals surface area (Å²) in [6.45, 7) is 0.171. The van der Waals surface area contributed by atoms with Crippen LogP contribution in [0.2, 0.25) is 0 Å². The van der Waals surface area contributed by atoms with Gasteiger partial charge in [-0.05, 0) is 18.2 Å². The summed E-state index contributed by atoms with van der Waals surface area (Å²) in [4.78, 5) is 1.68. The first-order valence-corrected chi connectivity index (χ1v) is 8.63. The molecule has 2 aromatic rings. The topological polar surface area (TPSA) is 114 Å². The Balaban J connectivity index is 1.61. The maximum atomic E-state index is 10.6. The van der Waals surface area contributed by atoms with Crippen molar-refractivity contribution >= 4 is 22.9 Å². The fourth-order valence-corrected chi connectivity index (χ4v) is 3.42. The van der Waals surface area contributed by atoms with E-state index in [1.165, 1.54) is 0 Å². The molecule has 142 valence electrons. The van der Waals surface area contributed by atoms with E-state index in [0.29, 0.717) is 28.3 Å². The van der Waals surface area contributed by atoms with Crippen LogP contribution in [0.25, 0.3) is 0 Å². The minimum Gasteiger partial charge on any atom is -0.510 e. The van der Waals surface area contributed by atoms with Crippen LogP contribution in [0.1, 0.15) is 5.56 Å². The number of amidine groups is 1. The fourth-order valence-electron chi connectivity index (χ4n) is 3.42. The number of hydrogen-bond donors (Lipinski definition) is 4. The molecule has 1 unspecified atom stereocenters. The van der Waals surface area contributed by atoms with Gasteiger partial charge in [-0.1, -0.05) is 0 Å². The molecule has 0 saturated carbocycles. The first-order valence-electron chi connectivity index (χ1n) is 8.63. The van der Waals surface area contributed by atoms with Crippen LogP contribution in [-0.4, -0.2) is 37.9 Å². The molecular formula is C20H19N5O3. The summed E-state index contributed by atoms with van der Waals surface area (Å²) in [5, 5.41) is 34.8. The molecule has 0 fully saturated rings. The number of aliphatic hydroxyl groups is 1. The lowest BCUT2D eigenvalue weighted by atomic mass is 10.2. The highest BCUT2D eigenvalue weighted by Gasteiger charge is 2.36. The third kappa shape index (κ3) is 2.83. The van der Waals surface area contributed by atoms with E-state index in [9.17, 15) is 5.11 Å². The number of nitrogens with zero attached hydrogens (tertiary/aromatic N) is 2. The number of benzene rings is 2. The molecule has 28 heavy (non-hydrogen) atoms. The summed E-state index contributed by atoms with van der Waals surface area (Å²) in [5.74, 6) is 1.48. The Hall–Kier alpha value is -3.86. The van der Waals surface area contributed by atoms with Crippen molar-refractivity contribution in [1.82, 2.24) is 0 Å². The lowest BCUT2D eigenvalue weighted by molar-refractivity contribution is 0.393. The van der Waals surface area contributed by atoms with E-state index in [1.54, 1.807) is 49.5 Å². The Morgan fingerprint density at radius 3 is 2.43 bits per heavy atom. The minimum absolute atomic E-state index is 0.102. The number of aliphatic hydroxyl groups excluding tert-OH is 1. The molecule has 2 heterocycles. The first-order chi connectivity index (χ1) is 13.5. The number of ether oxygens (including phenoxy) is 2. The second kappa shape index (κ2) is 6.70. The number of nitriles is 1. The van der Waals surface area contributed by atoms with Crippen molar-refractivity contribution in [2.75, 3.05) is 36.3 Å². The average Bonchev–Trinajstić information content (AvgIpc) is 3.26. The monoisotopic (exact) mass is 377 g/mol. The van der Waals surface area contributed by atoms with E-state index in [1.807, 2.05) is 6.07 Å². The summed E-state index contributed by atoms with van der Waals surface area (Å²) in [5.41, 5.74) is 3.26. The fraction of sp³-hybridized carbons (Fsp3) is 0.200. The van der Waals surface area contributed by atoms with Gasteiger partial charge in [0.15, 0.2) is 0 Å². The van der Waals surface area contributed by atoms with Crippen molar-refractivity contribution in [1.29, 1.82) is 10.7 Å². The van der Waals surface area contributed by atoms with Gasteiger partial charge in [-0.3, -0.25) is 5.41 Å². The number of hydrogen-bond acceptors (Lipinski definition) is 7. The minimum atomic E-state index is -0.464. The smallest absolute Gasteiger partial charge is 0.136 e. The molecule has 4 N–H and O–H groups in total. The van der Waals surface area contributed by atoms with Crippen LogP contribution >= 0.6 is 0 Å². The summed E-state index contributed by atoms with van der Waals surface area (Å²) in [6, 6.07) is 12.7. The Labute approximate surface area is 162 Å². The predicted octanol–water partition coefficient (Wildman–Crippen LogP) is 3.05. The molecule has 0 aromatic heterocycles. The van der Waals surface area contributed by atoms with Crippen LogP contribution < -0.4 is 25.0 Å². The summed E-state index contributed by atoms with van der Waals surface area (Å²) < 4.78 is 10.6. The molecule has 0 radical (unpaired) electrons. The third-order valence-corrected chi connectivity index (χ3v) is 4.83. The van der Waals surface area contributed by atoms with Gasteiger partial charge in [0, 0.05) is 18.2 Å². The molecule has 0 spiro atoms. The van der Waals surface area contributed by atoms with Crippen molar-refractivity contribution in [2.24, 2.45) is 0 Å². The van der Waals surface area contributed by atoms with Crippen molar-refractivity contribution in [2.45, 2.75) is 6.17 Å². The Morgan fingerprint density at radius 1 is 1.11 bits per heavy atom. The molecular weight excluding hydrogens is 358 g/mol. The van der Waals surface area contributed by atoms with Crippen LogP contribution in [0.3, 0.4) is 0 Å². The normalized spacial score (nSPS) is 17.7. The predicted molar refractivity (Wildman–Crippen MR) is 106 cm³/mol. The second-order valence-corrected chi connectivity index (χ2v) is 6.46. The van der Waals surface area contributed by atoms with Gasteiger partial charge in [-0.2, -0.15) is 5.26 Å². The van der Waals surface area contributed by atoms with Crippen LogP contribution in [0.5, 0.6) is 11.5 Å². The molecule has 1 atom stereocenters. The van der Waals surface area contributed by atoms with Crippen LogP contribution in [-0.2, 0) is 0 Å². The zero-order valence-corrected chi connectivity index (χ0v) is 15.4. The molecule has 0 bridgehead atoms. The van der Waals surface area contributed by atoms with Gasteiger partial charge >= 0.3 is 0 Å². The molecule has 0 aliphatic carbocycles. The van der Waals surface area contributed by atoms with E-state index in [0.717, 1.165) is 11.4 Å². The Bertz CT molecular complexity index is 1020. The van der Waals surface area contributed by atoms with E-state index < -0.39 is 6.17 Å². The number of rotatable bonds is 4. The van der Waals surface area contributed by atoms with Crippen molar-refractivity contribution in [3.63, 3.8) is 0 Å². The molecule has 0 saturated heterocycles. The van der Waals surface area contributed by atoms with E-state index in [-0.39, 0.29) is 18.1 Å². The van der Waals surface area contributed by atoms with Crippen LogP contribution in [0.4, 0.5) is 17.1 Å². The zero-order chi connectivity index (χ0) is 19.8. The van der Waals surface area contributed by atoms with Gasteiger partial charge in [0.25, 0.3) is 0 Å². The lowest BCUT2D eigenvalue weighted by Gasteiger charge is -2.22. The van der Waals surface area contributed by atoms with Crippen molar-refractivity contribution in [3.8, 4) is 17.6 Å². The van der Waals surface area contributed by atoms with Gasteiger partial charge in [-0.15, -0.1) is 0 Å². The Kier molecular flexibility index (Phi) is 4.20. The Morgan fingerprint density at radius 2 is 1.79 bits per heavy atom. The number of fused-ring (bicyclic) bond motifs is 1. The zero-order valence-electron chi connectivity index (χ0n) is 15.4. The first kappa shape index (κ1) is 17.5. The largest absolute Gasteiger partial charge is 0.510 e. The maximum Gasteiger partial charge on any atom is 0.136 e. The molecule has 8 heteroatoms. The van der Waals surface area contributed by atoms with Gasteiger partial charge in [-0.25, -0.2) is 0 Å². The van der Waals surface area contributed by atoms with Crippen LogP contribution in [0, 0.1) is 16.7 Å². The highest BCUT2D eigenvalue weighted by molar-refractivity contribution is 6.12. The lowest BCUT2D eigenvalue weighted by Crippen LogP contribution is -2.33. The second-order valence-electron chi connectivity index (χ2n) is 6.46. The van der Waals surface area contributed by atoms with Gasteiger partial charge < -0.3 is 30.1 Å². The van der Waals surface area contributed by atoms with Gasteiger partial charge in [0.2, 0.25) is 0 Å². The van der Waals surface area contributed by atoms with E-state index in [2.05, 4.69) is 16.7 Å². The number of nitrogens with one attached hydrogen (secondary N) is 3. The number of methoxy groups -OCH3 is 2. The highest BCUT2D eigenvalue weighted by atomic mass is 16.5. The maximum absolute atomic E-state index is 10.6. The van der Waals surface area contributed by atoms with E-state index in [4.69, 9.17) is 20.1 Å². The van der Waals surface area contributed by atoms with Gasteiger partial charge in [0.05, 0.1) is 55.0 Å². The summed E-state index contributed by atoms with van der Waals surface area (Å²) in [7, 11) is 3.13. The standard InChI is InChI=1S/C20H19N5O3/c1-27-13-6-12(7-14(8-13)28-2)25-10-17(26)18(19(25)22)20-23-15-4-3-11(9-21)5-16(15)24-20/h3-8,20,22-24,26H,10H2,1-2H3. The van der Waals surface area contributed by atoms with E-state index >= 15 is 0 Å². The number of anilines is 3. The molecule has 2 aliphatic heterocycles. The highest BCUT2D eigenvalue weighted by Crippen LogP contribution is 2.37. The SMILES string of the molecule is COc1cc(OC)cc(N2CC(O)=C(C3Nc4ccc(C#N)cc4N3)C2=N)c1. The average molecular weight is 377 g/mol. The van der Waals surface area contributed by atoms with Crippen molar-refractivity contribution in [3.05, 3.63) is 53.3 Å². The summed E-state index contributed by atoms with van der Waals surface area (Å²) >= 11 is 0. The molecule has 2 aromatic carbocycles. The molecule has 4 rings (SSSR count). The van der Waals surface area contributed by atoms with Crippen LogP contribution in [0.15, 0.2) is 47.7 Å². The van der Waals surface area contributed by atoms with Gasteiger partial charge in [0.1, 0.15) is 29.3 Å². The molecule has 2 aliphatic rings. The molecule has 8 nitrogen and oxygen atoms in total. The molecule has 0 amide bonds. The quantitative estimate of drug-likeness (QED) is 0.647.